The van der Waals surface area contributed by atoms with Gasteiger partial charge in [-0.15, -0.1) is 0 Å². The van der Waals surface area contributed by atoms with Gasteiger partial charge < -0.3 is 0 Å². The minimum atomic E-state index is 0.819. The lowest BCUT2D eigenvalue weighted by atomic mass is 10.3. The molecule has 0 saturated carbocycles. The van der Waals surface area contributed by atoms with Crippen LogP contribution in [0.3, 0.4) is 0 Å². The van der Waals surface area contributed by atoms with Crippen molar-refractivity contribution >= 4 is 0 Å². The molecule has 0 spiro atoms. The average Bonchev–Trinajstić information content (AvgIpc) is 1.87. The van der Waals surface area contributed by atoms with Crippen molar-refractivity contribution in [2.24, 2.45) is 0 Å². The van der Waals surface area contributed by atoms with E-state index >= 15 is 0 Å². The molecule has 0 unspecified atom stereocenters. The van der Waals surface area contributed by atoms with Gasteiger partial charge in [0.2, 0.25) is 0 Å². The van der Waals surface area contributed by atoms with E-state index < -0.39 is 0 Å². The Kier molecular flexibility index (Phi) is 4.01. The summed E-state index contributed by atoms with van der Waals surface area (Å²) in [5.74, 6) is 0. The summed E-state index contributed by atoms with van der Waals surface area (Å²) in [6.07, 6.45) is 1.76. The van der Waals surface area contributed by atoms with Crippen molar-refractivity contribution in [3.8, 4) is 0 Å². The quantitative estimate of drug-likeness (QED) is 0.442. The predicted molar refractivity (Wildman–Crippen MR) is 41.0 cm³/mol. The second-order valence-corrected chi connectivity index (χ2v) is 1.94. The second-order valence-electron chi connectivity index (χ2n) is 1.94. The molecule has 2 heteroatoms. The highest BCUT2D eigenvalue weighted by Gasteiger charge is 1.91. The second kappa shape index (κ2) is 4.30. The predicted octanol–water partition coefficient (Wildman–Crippen LogP) is 0.795. The molecule has 0 aromatic rings. The molecular weight excluding hydrogens is 112 g/mol. The molecule has 0 fully saturated rings. The summed E-state index contributed by atoms with van der Waals surface area (Å²) in [4.78, 5) is 0. The molecule has 0 aliphatic rings. The van der Waals surface area contributed by atoms with Crippen LogP contribution in [0.5, 0.6) is 0 Å². The van der Waals surface area contributed by atoms with E-state index in [-0.39, 0.29) is 0 Å². The Bertz CT molecular complexity index is 107. The molecule has 52 valence electrons. The number of hydrogen-bond acceptors (Lipinski definition) is 2. The average molecular weight is 126 g/mol. The van der Waals surface area contributed by atoms with Crippen molar-refractivity contribution in [2.75, 3.05) is 20.6 Å². The molecule has 0 heterocycles. The van der Waals surface area contributed by atoms with Gasteiger partial charge in [0.15, 0.2) is 0 Å². The first-order valence-electron chi connectivity index (χ1n) is 2.89. The molecule has 0 atom stereocenters. The van der Waals surface area contributed by atoms with Crippen LogP contribution in [-0.4, -0.2) is 25.6 Å². The van der Waals surface area contributed by atoms with E-state index in [0.717, 1.165) is 12.1 Å². The van der Waals surface area contributed by atoms with Crippen LogP contribution in [-0.2, 0) is 0 Å². The van der Waals surface area contributed by atoms with Crippen molar-refractivity contribution < 1.29 is 0 Å². The van der Waals surface area contributed by atoms with Gasteiger partial charge in [-0.05, 0) is 12.6 Å². The number of hydrogen-bond donors (Lipinski definition) is 1. The highest BCUT2D eigenvalue weighted by atomic mass is 15.5. The summed E-state index contributed by atoms with van der Waals surface area (Å²) < 4.78 is 0. The fraction of sp³-hybridized carbons (Fsp3) is 0.429. The normalized spacial score (nSPS) is 9.67. The zero-order valence-electron chi connectivity index (χ0n) is 6.15. The molecule has 0 aliphatic carbocycles. The van der Waals surface area contributed by atoms with Gasteiger partial charge in [-0.1, -0.05) is 19.2 Å². The summed E-state index contributed by atoms with van der Waals surface area (Å²) in [5.41, 5.74) is 3.98. The van der Waals surface area contributed by atoms with Crippen molar-refractivity contribution in [3.05, 3.63) is 24.8 Å². The van der Waals surface area contributed by atoms with E-state index in [1.165, 1.54) is 0 Å². The SMILES string of the molecule is C=CC(=C)CN(C)NC. The van der Waals surface area contributed by atoms with Crippen LogP contribution in [0.25, 0.3) is 0 Å². The fourth-order valence-electron chi connectivity index (χ4n) is 0.448. The largest absolute Gasteiger partial charge is 0.258 e. The number of rotatable bonds is 4. The molecule has 0 aromatic carbocycles. The minimum Gasteiger partial charge on any atom is -0.258 e. The minimum absolute atomic E-state index is 0.819. The third-order valence-electron chi connectivity index (χ3n) is 1.11. The Morgan fingerprint density at radius 3 is 2.67 bits per heavy atom. The van der Waals surface area contributed by atoms with Crippen molar-refractivity contribution in [3.63, 3.8) is 0 Å². The Morgan fingerprint density at radius 1 is 1.78 bits per heavy atom. The van der Waals surface area contributed by atoms with Crippen LogP contribution in [0.1, 0.15) is 0 Å². The Labute approximate surface area is 56.8 Å². The summed E-state index contributed by atoms with van der Waals surface area (Å²) in [5, 5.41) is 1.93. The molecule has 0 saturated heterocycles. The lowest BCUT2D eigenvalue weighted by Gasteiger charge is -2.13. The maximum Gasteiger partial charge on any atom is 0.0372 e. The summed E-state index contributed by atoms with van der Waals surface area (Å²) in [6.45, 7) is 8.17. The van der Waals surface area contributed by atoms with Gasteiger partial charge in [0.25, 0.3) is 0 Å². The Morgan fingerprint density at radius 2 is 2.33 bits per heavy atom. The van der Waals surface area contributed by atoms with Crippen LogP contribution in [0.2, 0.25) is 0 Å². The lowest BCUT2D eigenvalue weighted by Crippen LogP contribution is -2.31. The van der Waals surface area contributed by atoms with Crippen LogP contribution in [0.4, 0.5) is 0 Å². The molecule has 0 radical (unpaired) electrons. The van der Waals surface area contributed by atoms with E-state index in [1.807, 2.05) is 19.1 Å². The number of hydrazine groups is 1. The first kappa shape index (κ1) is 8.40. The molecule has 0 aromatic heterocycles. The molecule has 2 nitrogen and oxygen atoms in total. The van der Waals surface area contributed by atoms with Crippen molar-refractivity contribution in [1.82, 2.24) is 10.4 Å². The zero-order valence-corrected chi connectivity index (χ0v) is 6.15. The first-order chi connectivity index (χ1) is 4.20. The van der Waals surface area contributed by atoms with Crippen LogP contribution >= 0.6 is 0 Å². The summed E-state index contributed by atoms with van der Waals surface area (Å²) in [7, 11) is 3.82. The Balaban J connectivity index is 3.46. The van der Waals surface area contributed by atoms with E-state index in [1.54, 1.807) is 6.08 Å². The molecule has 0 amide bonds. The highest BCUT2D eigenvalue weighted by molar-refractivity contribution is 5.12. The van der Waals surface area contributed by atoms with Gasteiger partial charge in [0.1, 0.15) is 0 Å². The number of likely N-dealkylation sites (N-methyl/N-ethyl adjacent to an activating group) is 1. The van der Waals surface area contributed by atoms with E-state index in [0.29, 0.717) is 0 Å². The lowest BCUT2D eigenvalue weighted by molar-refractivity contribution is 0.285. The molecular formula is C7H14N2. The Hall–Kier alpha value is -0.600. The standard InChI is InChI=1S/C7H14N2/c1-5-7(2)6-9(4)8-3/h5,8H,1-2,6H2,3-4H3. The van der Waals surface area contributed by atoms with E-state index in [9.17, 15) is 0 Å². The van der Waals surface area contributed by atoms with E-state index in [4.69, 9.17) is 0 Å². The van der Waals surface area contributed by atoms with Crippen molar-refractivity contribution in [1.29, 1.82) is 0 Å². The van der Waals surface area contributed by atoms with Gasteiger partial charge >= 0.3 is 0 Å². The van der Waals surface area contributed by atoms with Crippen LogP contribution < -0.4 is 5.43 Å². The first-order valence-corrected chi connectivity index (χ1v) is 2.89. The third kappa shape index (κ3) is 3.94. The highest BCUT2D eigenvalue weighted by Crippen LogP contribution is 1.90. The van der Waals surface area contributed by atoms with Crippen LogP contribution in [0, 0.1) is 0 Å². The van der Waals surface area contributed by atoms with Gasteiger partial charge in [0, 0.05) is 13.6 Å². The molecule has 0 aliphatic heterocycles. The number of nitrogens with one attached hydrogen (secondary N) is 1. The van der Waals surface area contributed by atoms with Gasteiger partial charge in [-0.3, -0.25) is 5.43 Å². The number of nitrogens with zero attached hydrogens (tertiary/aromatic N) is 1. The summed E-state index contributed by atoms with van der Waals surface area (Å²) >= 11 is 0. The van der Waals surface area contributed by atoms with Gasteiger partial charge in [-0.25, -0.2) is 5.01 Å². The smallest absolute Gasteiger partial charge is 0.0372 e. The molecule has 9 heavy (non-hydrogen) atoms. The van der Waals surface area contributed by atoms with E-state index in [2.05, 4.69) is 18.6 Å². The maximum atomic E-state index is 3.76. The fourth-order valence-corrected chi connectivity index (χ4v) is 0.448. The van der Waals surface area contributed by atoms with Gasteiger partial charge in [-0.2, -0.15) is 0 Å². The topological polar surface area (TPSA) is 15.3 Å². The zero-order chi connectivity index (χ0) is 7.28. The molecule has 1 N–H and O–H groups in total. The third-order valence-corrected chi connectivity index (χ3v) is 1.11. The molecule has 0 rings (SSSR count). The van der Waals surface area contributed by atoms with Crippen molar-refractivity contribution in [2.45, 2.75) is 0 Å². The monoisotopic (exact) mass is 126 g/mol. The van der Waals surface area contributed by atoms with Gasteiger partial charge in [0.05, 0.1) is 0 Å². The molecule has 0 bridgehead atoms. The summed E-state index contributed by atoms with van der Waals surface area (Å²) in [6, 6.07) is 0. The maximum absolute atomic E-state index is 3.76. The van der Waals surface area contributed by atoms with Crippen LogP contribution in [0.15, 0.2) is 24.8 Å².